The molecule has 0 spiro atoms. The molecule has 1 aliphatic heterocycles. The molecule has 0 saturated carbocycles. The van der Waals surface area contributed by atoms with E-state index in [1.807, 2.05) is 12.4 Å². The summed E-state index contributed by atoms with van der Waals surface area (Å²) in [4.78, 5) is 18.1. The zero-order chi connectivity index (χ0) is 31.0. The first-order valence-corrected chi connectivity index (χ1v) is 16.4. The Hall–Kier alpha value is -3.97. The Bertz CT molecular complexity index is 1740. The minimum atomic E-state index is -0.211. The molecule has 3 heterocycles. The highest BCUT2D eigenvalue weighted by Crippen LogP contribution is 2.43. The zero-order valence-corrected chi connectivity index (χ0v) is 27.1. The number of hydrogen-bond donors (Lipinski definition) is 3. The van der Waals surface area contributed by atoms with E-state index in [1.54, 1.807) is 12.3 Å². The highest BCUT2D eigenvalue weighted by molar-refractivity contribution is 7.14. The molecule has 3 aromatic rings. The number of amides is 1. The van der Waals surface area contributed by atoms with E-state index in [9.17, 15) is 9.18 Å². The monoisotopic (exact) mass is 608 g/mol. The van der Waals surface area contributed by atoms with Gasteiger partial charge in [0.15, 0.2) is 5.13 Å². The third-order valence-electron chi connectivity index (χ3n) is 8.40. The van der Waals surface area contributed by atoms with E-state index in [2.05, 4.69) is 85.9 Å². The van der Waals surface area contributed by atoms with Crippen LogP contribution in [-0.4, -0.2) is 10.9 Å². The highest BCUT2D eigenvalue weighted by Gasteiger charge is 2.25. The van der Waals surface area contributed by atoms with Crippen LogP contribution in [0.15, 0.2) is 78.0 Å². The fourth-order valence-corrected chi connectivity index (χ4v) is 7.18. The Morgan fingerprint density at radius 2 is 1.93 bits per heavy atom. The second-order valence-electron chi connectivity index (χ2n) is 13.5. The van der Waals surface area contributed by atoms with Crippen LogP contribution < -0.4 is 16.0 Å². The number of benzene rings is 1. The Morgan fingerprint density at radius 1 is 1.11 bits per heavy atom. The normalized spacial score (nSPS) is 18.4. The van der Waals surface area contributed by atoms with Gasteiger partial charge >= 0.3 is 0 Å². The molecule has 1 atom stereocenters. The van der Waals surface area contributed by atoms with Crippen molar-refractivity contribution >= 4 is 39.8 Å². The summed E-state index contributed by atoms with van der Waals surface area (Å²) in [5.74, 6) is 0.391. The van der Waals surface area contributed by atoms with E-state index in [4.69, 9.17) is 0 Å². The summed E-state index contributed by atoms with van der Waals surface area (Å²) in [6, 6.07) is 10.1. The first-order valence-electron chi connectivity index (χ1n) is 15.6. The summed E-state index contributed by atoms with van der Waals surface area (Å²) in [5, 5.41) is 10.2. The molecule has 7 heteroatoms. The average molecular weight is 609 g/mol. The van der Waals surface area contributed by atoms with E-state index < -0.39 is 0 Å². The summed E-state index contributed by atoms with van der Waals surface area (Å²) in [6.07, 6.45) is 15.8. The molecular weight excluding hydrogens is 567 g/mol. The van der Waals surface area contributed by atoms with Gasteiger partial charge in [-0.3, -0.25) is 9.78 Å². The number of halogens is 1. The maximum absolute atomic E-state index is 13.8. The SMILES string of the molecule is CC1=C(C2=CNc3c(cncc3-c3ccc(F)s3)N2)c2cc(C3=C[C@@H](C)CC(NC(=O)CC(C)(C)C)=C3)ccc2CCCC1. The zero-order valence-electron chi connectivity index (χ0n) is 26.2. The molecule has 1 aromatic carbocycles. The van der Waals surface area contributed by atoms with Crippen molar-refractivity contribution in [1.29, 1.82) is 0 Å². The van der Waals surface area contributed by atoms with E-state index >= 15 is 0 Å². The molecule has 2 aromatic heterocycles. The lowest BCUT2D eigenvalue weighted by atomic mass is 9.83. The Balaban J connectivity index is 1.35. The van der Waals surface area contributed by atoms with Crippen molar-refractivity contribution in [3.05, 3.63) is 99.9 Å². The van der Waals surface area contributed by atoms with Crippen LogP contribution in [0.4, 0.5) is 15.8 Å². The number of rotatable bonds is 5. The fraction of sp³-hybridized carbons (Fsp3) is 0.351. The number of thiophene rings is 1. The minimum Gasteiger partial charge on any atom is -0.357 e. The third kappa shape index (κ3) is 6.58. The van der Waals surface area contributed by atoms with Crippen molar-refractivity contribution in [2.45, 2.75) is 73.1 Å². The van der Waals surface area contributed by atoms with Crippen LogP contribution in [0.5, 0.6) is 0 Å². The molecule has 0 radical (unpaired) electrons. The number of carbonyl (C=O) groups excluding carboxylic acids is 1. The van der Waals surface area contributed by atoms with Gasteiger partial charge in [0.2, 0.25) is 5.91 Å². The van der Waals surface area contributed by atoms with Gasteiger partial charge in [-0.05, 0) is 96.9 Å². The topological polar surface area (TPSA) is 66.1 Å². The number of nitrogens with one attached hydrogen (secondary N) is 3. The van der Waals surface area contributed by atoms with Gasteiger partial charge < -0.3 is 16.0 Å². The smallest absolute Gasteiger partial charge is 0.224 e. The van der Waals surface area contributed by atoms with Crippen molar-refractivity contribution in [3.8, 4) is 10.4 Å². The molecule has 228 valence electrons. The van der Waals surface area contributed by atoms with Crippen molar-refractivity contribution < 1.29 is 9.18 Å². The molecule has 3 aliphatic rings. The van der Waals surface area contributed by atoms with Crippen molar-refractivity contribution in [1.82, 2.24) is 10.3 Å². The number of allylic oxidation sites excluding steroid dienone is 6. The second kappa shape index (κ2) is 12.2. The van der Waals surface area contributed by atoms with E-state index in [1.165, 1.54) is 28.3 Å². The molecule has 3 N–H and O–H groups in total. The highest BCUT2D eigenvalue weighted by atomic mass is 32.1. The predicted molar refractivity (Wildman–Crippen MR) is 181 cm³/mol. The maximum atomic E-state index is 13.8. The Labute approximate surface area is 264 Å². The molecule has 0 saturated heterocycles. The summed E-state index contributed by atoms with van der Waals surface area (Å²) in [6.45, 7) is 10.7. The van der Waals surface area contributed by atoms with Gasteiger partial charge in [0.1, 0.15) is 0 Å². The van der Waals surface area contributed by atoms with Gasteiger partial charge in [-0.15, -0.1) is 11.3 Å². The molecule has 5 nitrogen and oxygen atoms in total. The molecule has 0 unspecified atom stereocenters. The lowest BCUT2D eigenvalue weighted by Gasteiger charge is -2.28. The number of fused-ring (bicyclic) bond motifs is 2. The van der Waals surface area contributed by atoms with Crippen molar-refractivity contribution in [2.75, 3.05) is 10.6 Å². The molecule has 0 fully saturated rings. The van der Waals surface area contributed by atoms with Gasteiger partial charge in [0.25, 0.3) is 0 Å². The van der Waals surface area contributed by atoms with Crippen LogP contribution in [0.3, 0.4) is 0 Å². The van der Waals surface area contributed by atoms with Gasteiger partial charge in [-0.25, -0.2) is 0 Å². The van der Waals surface area contributed by atoms with Gasteiger partial charge in [-0.1, -0.05) is 51.5 Å². The number of nitrogens with zero attached hydrogens (tertiary/aromatic N) is 1. The third-order valence-corrected chi connectivity index (χ3v) is 9.30. The number of aromatic nitrogens is 1. The summed E-state index contributed by atoms with van der Waals surface area (Å²) in [5.41, 5.74) is 12.0. The van der Waals surface area contributed by atoms with Crippen LogP contribution in [0.1, 0.15) is 83.4 Å². The number of anilines is 2. The number of pyridine rings is 1. The van der Waals surface area contributed by atoms with Crippen LogP contribution in [0.2, 0.25) is 0 Å². The van der Waals surface area contributed by atoms with Crippen LogP contribution in [-0.2, 0) is 11.2 Å². The number of carbonyl (C=O) groups is 1. The van der Waals surface area contributed by atoms with Crippen LogP contribution >= 0.6 is 11.3 Å². The van der Waals surface area contributed by atoms with Gasteiger partial charge in [0.05, 0.1) is 23.3 Å². The van der Waals surface area contributed by atoms with Gasteiger partial charge in [0, 0.05) is 40.5 Å². The Morgan fingerprint density at radius 3 is 2.70 bits per heavy atom. The Kier molecular flexibility index (Phi) is 8.34. The lowest BCUT2D eigenvalue weighted by molar-refractivity contribution is -0.122. The molecule has 2 aliphatic carbocycles. The number of hydrogen-bond acceptors (Lipinski definition) is 5. The second-order valence-corrected chi connectivity index (χ2v) is 14.6. The maximum Gasteiger partial charge on any atom is 0.224 e. The van der Waals surface area contributed by atoms with E-state index in [0.717, 1.165) is 87.8 Å². The number of aryl methyl sites for hydroxylation is 1. The molecule has 6 rings (SSSR count). The predicted octanol–water partition coefficient (Wildman–Crippen LogP) is 9.69. The first kappa shape index (κ1) is 30.1. The van der Waals surface area contributed by atoms with Crippen LogP contribution in [0, 0.1) is 16.5 Å². The van der Waals surface area contributed by atoms with Crippen LogP contribution in [0.25, 0.3) is 21.6 Å². The fourth-order valence-electron chi connectivity index (χ4n) is 6.44. The summed E-state index contributed by atoms with van der Waals surface area (Å²) < 4.78 is 13.8. The average Bonchev–Trinajstić information content (AvgIpc) is 3.39. The summed E-state index contributed by atoms with van der Waals surface area (Å²) >= 11 is 1.12. The van der Waals surface area contributed by atoms with Crippen molar-refractivity contribution in [2.24, 2.45) is 11.3 Å². The quantitative estimate of drug-likeness (QED) is 0.270. The minimum absolute atomic E-state index is 0.0589. The first-order chi connectivity index (χ1) is 21.0. The standard InChI is InChI=1S/C37H41FN4OS/c1-22-14-26(16-27(15-22)41-34(43)18-37(3,4)5)25-11-10-24-9-7-6-8-23(2)35(28(24)17-25)30-21-40-36-29(19-39-20-31(36)42-30)32-12-13-33(38)44-32/h10-14,16-17,19-22,40,42H,6-9,15,18H2,1-5H3,(H,41,43)/t22-/m1/s1. The molecule has 0 bridgehead atoms. The van der Waals surface area contributed by atoms with E-state index in [-0.39, 0.29) is 16.5 Å². The van der Waals surface area contributed by atoms with Gasteiger partial charge in [-0.2, -0.15) is 4.39 Å². The molecule has 1 amide bonds. The largest absolute Gasteiger partial charge is 0.357 e. The van der Waals surface area contributed by atoms with Crippen molar-refractivity contribution in [3.63, 3.8) is 0 Å². The summed E-state index contributed by atoms with van der Waals surface area (Å²) in [7, 11) is 0. The van der Waals surface area contributed by atoms with E-state index in [0.29, 0.717) is 12.3 Å². The molecular formula is C37H41FN4OS. The molecule has 44 heavy (non-hydrogen) atoms. The lowest BCUT2D eigenvalue weighted by Crippen LogP contribution is -2.28.